The van der Waals surface area contributed by atoms with Crippen LogP contribution in [0.4, 0.5) is 4.39 Å². The van der Waals surface area contributed by atoms with Gasteiger partial charge in [0, 0.05) is 11.2 Å². The van der Waals surface area contributed by atoms with Crippen LogP contribution in [0.15, 0.2) is 30.6 Å². The number of benzene rings is 1. The van der Waals surface area contributed by atoms with Crippen molar-refractivity contribution in [3.8, 4) is 5.75 Å². The number of aromatic hydroxyl groups is 1. The zero-order valence-electron chi connectivity index (χ0n) is 10.8. The number of hydrogen-bond acceptors (Lipinski definition) is 5. The molecule has 1 heterocycles. The van der Waals surface area contributed by atoms with Crippen molar-refractivity contribution >= 4 is 23.4 Å². The highest BCUT2D eigenvalue weighted by molar-refractivity contribution is 6.31. The molecular formula is C14H9ClFNO4. The monoisotopic (exact) mass is 309 g/mol. The Morgan fingerprint density at radius 2 is 2.00 bits per heavy atom. The second kappa shape index (κ2) is 5.88. The lowest BCUT2D eigenvalue weighted by Crippen LogP contribution is -2.13. The van der Waals surface area contributed by atoms with Gasteiger partial charge in [0.1, 0.15) is 11.6 Å². The average molecular weight is 310 g/mol. The molecular weight excluding hydrogens is 301 g/mol. The van der Waals surface area contributed by atoms with Gasteiger partial charge in [0.15, 0.2) is 0 Å². The quantitative estimate of drug-likeness (QED) is 0.696. The number of rotatable bonds is 3. The topological polar surface area (TPSA) is 76.5 Å². The van der Waals surface area contributed by atoms with E-state index in [4.69, 9.17) is 11.6 Å². The summed E-state index contributed by atoms with van der Waals surface area (Å²) in [6.07, 6.45) is 2.03. The summed E-state index contributed by atoms with van der Waals surface area (Å²) in [6.45, 7) is 0. The molecule has 0 spiro atoms. The minimum Gasteiger partial charge on any atom is -0.506 e. The molecule has 0 radical (unpaired) electrons. The van der Waals surface area contributed by atoms with Gasteiger partial charge in [0.2, 0.25) is 5.78 Å². The Kier molecular flexibility index (Phi) is 4.18. The third kappa shape index (κ3) is 2.85. The molecule has 0 unspecified atom stereocenters. The molecule has 0 aliphatic rings. The van der Waals surface area contributed by atoms with Crippen molar-refractivity contribution in [2.45, 2.75) is 0 Å². The maximum Gasteiger partial charge on any atom is 0.340 e. The van der Waals surface area contributed by atoms with E-state index < -0.39 is 28.9 Å². The minimum atomic E-state index is -0.893. The summed E-state index contributed by atoms with van der Waals surface area (Å²) in [5.74, 6) is -3.14. The van der Waals surface area contributed by atoms with E-state index in [1.54, 1.807) is 0 Å². The fourth-order valence-corrected chi connectivity index (χ4v) is 1.93. The molecule has 1 aromatic carbocycles. The molecule has 108 valence electrons. The lowest BCUT2D eigenvalue weighted by molar-refractivity contribution is 0.0596. The molecule has 0 fully saturated rings. The SMILES string of the molecule is COC(=O)c1cncc(O)c1C(=O)c1cc(Cl)ccc1F. The van der Waals surface area contributed by atoms with Crippen molar-refractivity contribution in [2.24, 2.45) is 0 Å². The predicted octanol–water partition coefficient (Wildman–Crippen LogP) is 2.60. The van der Waals surface area contributed by atoms with Crippen molar-refractivity contribution in [3.05, 3.63) is 58.1 Å². The molecule has 0 saturated heterocycles. The van der Waals surface area contributed by atoms with Gasteiger partial charge in [-0.05, 0) is 18.2 Å². The standard InChI is InChI=1S/C14H9ClFNO4/c1-21-14(20)9-5-17-6-11(18)12(9)13(19)8-4-7(15)2-3-10(8)16/h2-6,18H,1H3. The Balaban J connectivity index is 2.63. The molecule has 0 atom stereocenters. The third-order valence-electron chi connectivity index (χ3n) is 2.73. The number of ether oxygens (including phenoxy) is 1. The Bertz CT molecular complexity index is 733. The number of esters is 1. The van der Waals surface area contributed by atoms with E-state index in [-0.39, 0.29) is 16.1 Å². The molecule has 1 N–H and O–H groups in total. The Hall–Kier alpha value is -2.47. The van der Waals surface area contributed by atoms with Crippen LogP contribution in [0.3, 0.4) is 0 Å². The van der Waals surface area contributed by atoms with Crippen LogP contribution >= 0.6 is 11.6 Å². The molecule has 0 bridgehead atoms. The van der Waals surface area contributed by atoms with Gasteiger partial charge in [0.25, 0.3) is 0 Å². The molecule has 0 saturated carbocycles. The fourth-order valence-electron chi connectivity index (χ4n) is 1.76. The summed E-state index contributed by atoms with van der Waals surface area (Å²) >= 11 is 5.73. The first-order valence-corrected chi connectivity index (χ1v) is 6.08. The van der Waals surface area contributed by atoms with Gasteiger partial charge in [0.05, 0.1) is 30.0 Å². The summed E-state index contributed by atoms with van der Waals surface area (Å²) in [6, 6.07) is 3.41. The highest BCUT2D eigenvalue weighted by Gasteiger charge is 2.25. The summed E-state index contributed by atoms with van der Waals surface area (Å²) in [4.78, 5) is 27.6. The van der Waals surface area contributed by atoms with Crippen molar-refractivity contribution in [1.29, 1.82) is 0 Å². The fraction of sp³-hybridized carbons (Fsp3) is 0.0714. The summed E-state index contributed by atoms with van der Waals surface area (Å²) in [5, 5.41) is 9.93. The Labute approximate surface area is 124 Å². The van der Waals surface area contributed by atoms with E-state index in [0.29, 0.717) is 0 Å². The zero-order chi connectivity index (χ0) is 15.6. The van der Waals surface area contributed by atoms with Crippen LogP contribution in [0.25, 0.3) is 0 Å². The van der Waals surface area contributed by atoms with Gasteiger partial charge >= 0.3 is 5.97 Å². The van der Waals surface area contributed by atoms with Crippen LogP contribution in [-0.4, -0.2) is 29.0 Å². The number of aromatic nitrogens is 1. The third-order valence-corrected chi connectivity index (χ3v) is 2.97. The molecule has 0 aliphatic heterocycles. The van der Waals surface area contributed by atoms with E-state index in [1.807, 2.05) is 0 Å². The molecule has 0 amide bonds. The average Bonchev–Trinajstić information content (AvgIpc) is 2.48. The number of nitrogens with zero attached hydrogens (tertiary/aromatic N) is 1. The van der Waals surface area contributed by atoms with Crippen LogP contribution in [0.5, 0.6) is 5.75 Å². The van der Waals surface area contributed by atoms with E-state index in [2.05, 4.69) is 9.72 Å². The number of pyridine rings is 1. The number of hydrogen-bond donors (Lipinski definition) is 1. The van der Waals surface area contributed by atoms with Gasteiger partial charge in [-0.25, -0.2) is 9.18 Å². The van der Waals surface area contributed by atoms with Gasteiger partial charge < -0.3 is 9.84 Å². The van der Waals surface area contributed by atoms with E-state index in [9.17, 15) is 19.1 Å². The molecule has 7 heteroatoms. The zero-order valence-corrected chi connectivity index (χ0v) is 11.5. The molecule has 0 aliphatic carbocycles. The maximum atomic E-state index is 13.8. The van der Waals surface area contributed by atoms with Gasteiger partial charge in [-0.2, -0.15) is 0 Å². The summed E-state index contributed by atoms with van der Waals surface area (Å²) in [5.41, 5.74) is -1.02. The smallest absolute Gasteiger partial charge is 0.340 e. The van der Waals surface area contributed by atoms with Crippen molar-refractivity contribution in [2.75, 3.05) is 7.11 Å². The molecule has 21 heavy (non-hydrogen) atoms. The summed E-state index contributed by atoms with van der Waals surface area (Å²) < 4.78 is 18.3. The van der Waals surface area contributed by atoms with E-state index >= 15 is 0 Å². The molecule has 1 aromatic heterocycles. The van der Waals surface area contributed by atoms with Gasteiger partial charge in [-0.1, -0.05) is 11.6 Å². The van der Waals surface area contributed by atoms with E-state index in [0.717, 1.165) is 31.6 Å². The number of ketones is 1. The maximum absolute atomic E-state index is 13.8. The minimum absolute atomic E-state index is 0.146. The number of halogens is 2. The Morgan fingerprint density at radius 3 is 2.67 bits per heavy atom. The van der Waals surface area contributed by atoms with Crippen molar-refractivity contribution < 1.29 is 23.8 Å². The van der Waals surface area contributed by atoms with Gasteiger partial charge in [-0.15, -0.1) is 0 Å². The molecule has 5 nitrogen and oxygen atoms in total. The Morgan fingerprint density at radius 1 is 1.29 bits per heavy atom. The van der Waals surface area contributed by atoms with Crippen LogP contribution in [0.1, 0.15) is 26.3 Å². The first kappa shape index (κ1) is 14.9. The van der Waals surface area contributed by atoms with Crippen LogP contribution in [0, 0.1) is 5.82 Å². The number of carbonyl (C=O) groups excluding carboxylic acids is 2. The predicted molar refractivity (Wildman–Crippen MR) is 72.1 cm³/mol. The van der Waals surface area contributed by atoms with Crippen LogP contribution in [-0.2, 0) is 4.74 Å². The van der Waals surface area contributed by atoms with E-state index in [1.165, 1.54) is 6.07 Å². The molecule has 2 aromatic rings. The second-order valence-corrected chi connectivity index (χ2v) is 4.46. The van der Waals surface area contributed by atoms with Crippen LogP contribution < -0.4 is 0 Å². The first-order valence-electron chi connectivity index (χ1n) is 5.70. The largest absolute Gasteiger partial charge is 0.506 e. The van der Waals surface area contributed by atoms with Crippen molar-refractivity contribution in [1.82, 2.24) is 4.98 Å². The lowest BCUT2D eigenvalue weighted by Gasteiger charge is -2.09. The summed E-state index contributed by atoms with van der Waals surface area (Å²) in [7, 11) is 1.11. The number of methoxy groups -OCH3 is 1. The molecule has 2 rings (SSSR count). The normalized spacial score (nSPS) is 10.2. The number of carbonyl (C=O) groups is 2. The van der Waals surface area contributed by atoms with Crippen molar-refractivity contribution in [3.63, 3.8) is 0 Å². The first-order chi connectivity index (χ1) is 9.95. The second-order valence-electron chi connectivity index (χ2n) is 4.03. The lowest BCUT2D eigenvalue weighted by atomic mass is 9.99. The highest BCUT2D eigenvalue weighted by atomic mass is 35.5. The van der Waals surface area contributed by atoms with Gasteiger partial charge in [-0.3, -0.25) is 9.78 Å². The highest BCUT2D eigenvalue weighted by Crippen LogP contribution is 2.26. The van der Waals surface area contributed by atoms with Crippen LogP contribution in [0.2, 0.25) is 5.02 Å².